The summed E-state index contributed by atoms with van der Waals surface area (Å²) in [6, 6.07) is 2.82. The first-order valence-corrected chi connectivity index (χ1v) is 7.83. The Labute approximate surface area is 136 Å². The van der Waals surface area contributed by atoms with Crippen LogP contribution in [0.4, 0.5) is 13.2 Å². The molecule has 0 saturated heterocycles. The normalized spacial score (nSPS) is 14.9. The molecule has 0 unspecified atom stereocenters. The maximum absolute atomic E-state index is 12.5. The average molecular weight is 331 g/mol. The van der Waals surface area contributed by atoms with Crippen molar-refractivity contribution in [1.82, 2.24) is 0 Å². The lowest BCUT2D eigenvalue weighted by atomic mass is 9.78. The monoisotopic (exact) mass is 331 g/mol. The third-order valence-electron chi connectivity index (χ3n) is 3.95. The topological polar surface area (TPSA) is 46.2 Å². The number of halogens is 3. The zero-order chi connectivity index (χ0) is 18.2. The van der Waals surface area contributed by atoms with E-state index in [2.05, 4.69) is 0 Å². The van der Waals surface area contributed by atoms with Crippen LogP contribution >= 0.6 is 0 Å². The number of hydrogen-bond donors (Lipinski definition) is 2. The van der Waals surface area contributed by atoms with Gasteiger partial charge in [-0.1, -0.05) is 47.6 Å². The fraction of sp³-hybridized carbons (Fsp3) is 0.667. The number of hydrogen-bond acceptors (Lipinski definition) is 2. The average Bonchev–Trinajstić information content (AvgIpc) is 2.32. The second-order valence-corrected chi connectivity index (χ2v) is 8.22. The van der Waals surface area contributed by atoms with Crippen molar-refractivity contribution in [2.75, 3.05) is 0 Å². The Hall–Kier alpha value is -1.23. The molecule has 0 bridgehead atoms. The minimum Gasteiger partial charge on any atom is -0.507 e. The molecule has 2 nitrogen and oxygen atoms in total. The molecule has 0 heterocycles. The maximum atomic E-state index is 12.5. The van der Waals surface area contributed by atoms with Gasteiger partial charge in [0.05, 0.1) is 0 Å². The van der Waals surface area contributed by atoms with Gasteiger partial charge in [-0.2, -0.15) is 13.2 Å². The number of phenolic OH excluding ortho intramolecular Hbond substituents is 1. The largest absolute Gasteiger partial charge is 0.507 e. The first kappa shape index (κ1) is 19.8. The lowest BCUT2D eigenvalue weighted by molar-refractivity contribution is -0.136. The first-order chi connectivity index (χ1) is 10.1. The van der Waals surface area contributed by atoms with Crippen molar-refractivity contribution >= 4 is 0 Å². The standard InChI is InChI=1S/C18H28F3NO/c1-16(2,3)11-9-12(14(22)7-8-18(19,20)21)15(23)13(10-11)17(4,5)6/h9-10,14,23H,7-8,22H2,1-6H3/t14-/m0/s1. The predicted molar refractivity (Wildman–Crippen MR) is 87.7 cm³/mol. The number of alkyl halides is 3. The van der Waals surface area contributed by atoms with Crippen LogP contribution < -0.4 is 5.73 Å². The van der Waals surface area contributed by atoms with E-state index in [1.165, 1.54) is 0 Å². The SMILES string of the molecule is CC(C)(C)c1cc([C@@H](N)CCC(F)(F)F)c(O)c(C(C)(C)C)c1. The van der Waals surface area contributed by atoms with Crippen LogP contribution in [0.25, 0.3) is 0 Å². The van der Waals surface area contributed by atoms with E-state index in [0.717, 1.165) is 5.56 Å². The van der Waals surface area contributed by atoms with E-state index in [4.69, 9.17) is 5.73 Å². The molecular weight excluding hydrogens is 303 g/mol. The van der Waals surface area contributed by atoms with Crippen LogP contribution in [-0.4, -0.2) is 11.3 Å². The molecule has 0 aliphatic carbocycles. The summed E-state index contributed by atoms with van der Waals surface area (Å²) in [6.07, 6.45) is -5.45. The van der Waals surface area contributed by atoms with Crippen molar-refractivity contribution < 1.29 is 18.3 Å². The highest BCUT2D eigenvalue weighted by Gasteiger charge is 2.30. The molecule has 0 spiro atoms. The van der Waals surface area contributed by atoms with Crippen molar-refractivity contribution in [3.8, 4) is 5.75 Å². The molecule has 0 aliphatic rings. The molecule has 1 atom stereocenters. The number of benzene rings is 1. The molecule has 0 saturated carbocycles. The molecule has 5 heteroatoms. The van der Waals surface area contributed by atoms with Crippen molar-refractivity contribution in [2.45, 2.75) is 77.4 Å². The summed E-state index contributed by atoms with van der Waals surface area (Å²) in [5.41, 5.74) is 7.51. The van der Waals surface area contributed by atoms with Crippen LogP contribution in [0.15, 0.2) is 12.1 Å². The quantitative estimate of drug-likeness (QED) is 0.786. The van der Waals surface area contributed by atoms with Gasteiger partial charge in [0.1, 0.15) is 5.75 Å². The van der Waals surface area contributed by atoms with Gasteiger partial charge in [0.15, 0.2) is 0 Å². The van der Waals surface area contributed by atoms with Crippen LogP contribution in [-0.2, 0) is 10.8 Å². The van der Waals surface area contributed by atoms with Crippen molar-refractivity contribution in [3.05, 3.63) is 28.8 Å². The van der Waals surface area contributed by atoms with Crippen LogP contribution in [0, 0.1) is 0 Å². The zero-order valence-electron chi connectivity index (χ0n) is 14.8. The van der Waals surface area contributed by atoms with Gasteiger partial charge in [-0.25, -0.2) is 0 Å². The Balaban J connectivity index is 3.35. The summed E-state index contributed by atoms with van der Waals surface area (Å²) < 4.78 is 37.4. The van der Waals surface area contributed by atoms with Crippen LogP contribution in [0.5, 0.6) is 5.75 Å². The maximum Gasteiger partial charge on any atom is 0.389 e. The van der Waals surface area contributed by atoms with Gasteiger partial charge < -0.3 is 10.8 Å². The predicted octanol–water partition coefficient (Wildman–Crippen LogP) is 5.33. The molecule has 1 aromatic rings. The Bertz CT molecular complexity index is 551. The number of rotatable bonds is 3. The highest BCUT2D eigenvalue weighted by atomic mass is 19.4. The molecule has 0 aromatic heterocycles. The van der Waals surface area contributed by atoms with Crippen LogP contribution in [0.2, 0.25) is 0 Å². The van der Waals surface area contributed by atoms with Crippen molar-refractivity contribution in [2.24, 2.45) is 5.73 Å². The van der Waals surface area contributed by atoms with Gasteiger partial charge in [-0.15, -0.1) is 0 Å². The van der Waals surface area contributed by atoms with Crippen molar-refractivity contribution in [3.63, 3.8) is 0 Å². The van der Waals surface area contributed by atoms with Gasteiger partial charge >= 0.3 is 6.18 Å². The fourth-order valence-electron chi connectivity index (χ4n) is 2.42. The zero-order valence-corrected chi connectivity index (χ0v) is 14.8. The molecular formula is C18H28F3NO. The molecule has 0 fully saturated rings. The first-order valence-electron chi connectivity index (χ1n) is 7.83. The molecule has 0 radical (unpaired) electrons. The smallest absolute Gasteiger partial charge is 0.389 e. The van der Waals surface area contributed by atoms with Crippen LogP contribution in [0.1, 0.15) is 77.1 Å². The van der Waals surface area contributed by atoms with Gasteiger partial charge in [0.2, 0.25) is 0 Å². The lowest BCUT2D eigenvalue weighted by Gasteiger charge is -2.29. The third kappa shape index (κ3) is 5.41. The van der Waals surface area contributed by atoms with E-state index < -0.39 is 18.6 Å². The molecule has 1 aromatic carbocycles. The van der Waals surface area contributed by atoms with Gasteiger partial charge in [0.25, 0.3) is 0 Å². The molecule has 0 amide bonds. The Morgan fingerprint density at radius 1 is 1.00 bits per heavy atom. The highest BCUT2D eigenvalue weighted by molar-refractivity contribution is 5.49. The summed E-state index contributed by atoms with van der Waals surface area (Å²) in [5, 5.41) is 10.6. The summed E-state index contributed by atoms with van der Waals surface area (Å²) in [4.78, 5) is 0. The molecule has 132 valence electrons. The van der Waals surface area contributed by atoms with Crippen LogP contribution in [0.3, 0.4) is 0 Å². The third-order valence-corrected chi connectivity index (χ3v) is 3.95. The highest BCUT2D eigenvalue weighted by Crippen LogP contribution is 2.40. The number of phenols is 1. The van der Waals surface area contributed by atoms with E-state index in [1.54, 1.807) is 6.07 Å². The Morgan fingerprint density at radius 2 is 1.52 bits per heavy atom. The number of aromatic hydroxyl groups is 1. The molecule has 23 heavy (non-hydrogen) atoms. The van der Waals surface area contributed by atoms with Crippen molar-refractivity contribution in [1.29, 1.82) is 0 Å². The fourth-order valence-corrected chi connectivity index (χ4v) is 2.42. The van der Waals surface area contributed by atoms with E-state index >= 15 is 0 Å². The van der Waals surface area contributed by atoms with E-state index in [0.29, 0.717) is 11.1 Å². The minimum absolute atomic E-state index is 0.0141. The number of nitrogens with two attached hydrogens (primary N) is 1. The summed E-state index contributed by atoms with van der Waals surface area (Å²) in [5.74, 6) is 0.0141. The van der Waals surface area contributed by atoms with Gasteiger partial charge in [-0.3, -0.25) is 0 Å². The second-order valence-electron chi connectivity index (χ2n) is 8.22. The molecule has 1 rings (SSSR count). The summed E-state index contributed by atoms with van der Waals surface area (Å²) >= 11 is 0. The second kappa shape index (κ2) is 6.34. The van der Waals surface area contributed by atoms with Gasteiger partial charge in [0, 0.05) is 18.0 Å². The Morgan fingerprint density at radius 3 is 1.91 bits per heavy atom. The summed E-state index contributed by atoms with van der Waals surface area (Å²) in [7, 11) is 0. The summed E-state index contributed by atoms with van der Waals surface area (Å²) in [6.45, 7) is 11.9. The van der Waals surface area contributed by atoms with E-state index in [-0.39, 0.29) is 23.0 Å². The Kier molecular flexibility index (Phi) is 5.47. The molecule has 0 aliphatic heterocycles. The minimum atomic E-state index is -4.25. The van der Waals surface area contributed by atoms with E-state index in [1.807, 2.05) is 47.6 Å². The van der Waals surface area contributed by atoms with E-state index in [9.17, 15) is 18.3 Å². The van der Waals surface area contributed by atoms with Gasteiger partial charge in [-0.05, 0) is 34.4 Å². The lowest BCUT2D eigenvalue weighted by Crippen LogP contribution is -2.21. The molecule has 3 N–H and O–H groups in total.